The van der Waals surface area contributed by atoms with Gasteiger partial charge in [0.2, 0.25) is 0 Å². The van der Waals surface area contributed by atoms with E-state index in [0.717, 1.165) is 0 Å². The Kier molecular flexibility index (Phi) is 21.4. The van der Waals surface area contributed by atoms with Crippen LogP contribution in [0.4, 0.5) is 0 Å². The maximum absolute atomic E-state index is 2.75. The van der Waals surface area contributed by atoms with Crippen molar-refractivity contribution in [1.29, 1.82) is 0 Å². The van der Waals surface area contributed by atoms with Gasteiger partial charge in [-0.25, -0.2) is 0 Å². The molecule has 0 aliphatic heterocycles. The monoisotopic (exact) mass is 117 g/mol. The predicted octanol–water partition coefficient (Wildman–Crippen LogP) is 2.03. The molecule has 0 bridgehead atoms. The first-order valence-corrected chi connectivity index (χ1v) is 3.41. The van der Waals surface area contributed by atoms with Crippen molar-refractivity contribution in [2.75, 3.05) is 14.1 Å². The summed E-state index contributed by atoms with van der Waals surface area (Å²) in [5.41, 5.74) is 0. The van der Waals surface area contributed by atoms with E-state index in [9.17, 15) is 0 Å². The molecule has 0 aromatic heterocycles. The Hall–Kier alpha value is -0.0400. The summed E-state index contributed by atoms with van der Waals surface area (Å²) in [6, 6.07) is 0. The molecular weight excluding hydrogens is 98.1 g/mol. The van der Waals surface area contributed by atoms with Crippen molar-refractivity contribution in [2.45, 2.75) is 33.1 Å². The van der Waals surface area contributed by atoms with Crippen molar-refractivity contribution in [2.24, 2.45) is 0 Å². The topological polar surface area (TPSA) is 12.0 Å². The second-order valence-electron chi connectivity index (χ2n) is 1.85. The first-order valence-electron chi connectivity index (χ1n) is 3.41. The van der Waals surface area contributed by atoms with E-state index in [4.69, 9.17) is 0 Å². The quantitative estimate of drug-likeness (QED) is 0.583. The Labute approximate surface area is 53.5 Å². The van der Waals surface area contributed by atoms with Gasteiger partial charge in [-0.05, 0) is 14.1 Å². The van der Waals surface area contributed by atoms with Gasteiger partial charge in [-0.1, -0.05) is 33.1 Å². The van der Waals surface area contributed by atoms with Crippen molar-refractivity contribution >= 4 is 0 Å². The molecule has 0 fully saturated rings. The van der Waals surface area contributed by atoms with Gasteiger partial charge in [-0.15, -0.1) is 0 Å². The van der Waals surface area contributed by atoms with Crippen LogP contribution in [0.5, 0.6) is 0 Å². The van der Waals surface area contributed by atoms with Gasteiger partial charge in [-0.2, -0.15) is 0 Å². The molecule has 0 unspecified atom stereocenters. The molecule has 0 atom stereocenters. The number of rotatable bonds is 2. The smallest absolute Gasteiger partial charge is 0.0167 e. The normalized spacial score (nSPS) is 7.50. The van der Waals surface area contributed by atoms with Gasteiger partial charge in [0.15, 0.2) is 0 Å². The standard InChI is InChI=1S/C5H12.C2H7N/c1-3-5-4-2;1-3-2/h3-5H2,1-2H3;3H,1-2H3. The van der Waals surface area contributed by atoms with Crippen molar-refractivity contribution in [3.8, 4) is 0 Å². The highest BCUT2D eigenvalue weighted by Gasteiger charge is 1.68. The van der Waals surface area contributed by atoms with E-state index in [1.54, 1.807) is 0 Å². The largest absolute Gasteiger partial charge is 0.323 e. The molecular formula is C7H19N. The van der Waals surface area contributed by atoms with Crippen LogP contribution in [0.1, 0.15) is 33.1 Å². The van der Waals surface area contributed by atoms with Gasteiger partial charge in [0, 0.05) is 0 Å². The minimum Gasteiger partial charge on any atom is -0.323 e. The minimum absolute atomic E-state index is 1.34. The number of hydrogen-bond acceptors (Lipinski definition) is 1. The molecule has 1 nitrogen and oxygen atoms in total. The van der Waals surface area contributed by atoms with Crippen LogP contribution in [0.25, 0.3) is 0 Å². The lowest BCUT2D eigenvalue weighted by molar-refractivity contribution is 0.772. The summed E-state index contributed by atoms with van der Waals surface area (Å²) in [5, 5.41) is 2.75. The van der Waals surface area contributed by atoms with Crippen molar-refractivity contribution in [3.05, 3.63) is 0 Å². The summed E-state index contributed by atoms with van der Waals surface area (Å²) in [5.74, 6) is 0. The second kappa shape index (κ2) is 15.8. The lowest BCUT2D eigenvalue weighted by Gasteiger charge is -1.79. The molecule has 1 heteroatoms. The third kappa shape index (κ3) is 38.2. The van der Waals surface area contributed by atoms with Crippen LogP contribution in [-0.4, -0.2) is 14.1 Å². The summed E-state index contributed by atoms with van der Waals surface area (Å²) in [6.07, 6.45) is 4.08. The average Bonchev–Trinajstić information content (AvgIpc) is 1.71. The molecule has 52 valence electrons. The zero-order valence-electron chi connectivity index (χ0n) is 6.62. The molecule has 8 heavy (non-hydrogen) atoms. The van der Waals surface area contributed by atoms with Crippen molar-refractivity contribution < 1.29 is 0 Å². The van der Waals surface area contributed by atoms with Crippen LogP contribution in [0.2, 0.25) is 0 Å². The molecule has 1 N–H and O–H groups in total. The van der Waals surface area contributed by atoms with Crippen LogP contribution in [0, 0.1) is 0 Å². The minimum atomic E-state index is 1.34. The first kappa shape index (κ1) is 10.9. The molecule has 0 rings (SSSR count). The van der Waals surface area contributed by atoms with E-state index in [1.165, 1.54) is 19.3 Å². The number of unbranched alkanes of at least 4 members (excludes halogenated alkanes) is 2. The summed E-state index contributed by atoms with van der Waals surface area (Å²) in [6.45, 7) is 4.42. The summed E-state index contributed by atoms with van der Waals surface area (Å²) in [4.78, 5) is 0. The van der Waals surface area contributed by atoms with Gasteiger partial charge < -0.3 is 5.32 Å². The van der Waals surface area contributed by atoms with Gasteiger partial charge in [0.05, 0.1) is 0 Å². The fourth-order valence-electron chi connectivity index (χ4n) is 0.354. The maximum Gasteiger partial charge on any atom is -0.0167 e. The fourth-order valence-corrected chi connectivity index (χ4v) is 0.354. The summed E-state index contributed by atoms with van der Waals surface area (Å²) >= 11 is 0. The molecule has 0 aromatic rings. The van der Waals surface area contributed by atoms with Gasteiger partial charge in [0.25, 0.3) is 0 Å². The molecule has 0 aromatic carbocycles. The van der Waals surface area contributed by atoms with E-state index in [2.05, 4.69) is 19.2 Å². The van der Waals surface area contributed by atoms with E-state index < -0.39 is 0 Å². The zero-order valence-corrected chi connectivity index (χ0v) is 6.62. The van der Waals surface area contributed by atoms with Crippen LogP contribution in [0.15, 0.2) is 0 Å². The molecule has 0 aliphatic rings. The first-order chi connectivity index (χ1) is 3.83. The van der Waals surface area contributed by atoms with Gasteiger partial charge >= 0.3 is 0 Å². The highest BCUT2D eigenvalue weighted by Crippen LogP contribution is 1.88. The zero-order chi connectivity index (χ0) is 6.83. The molecule has 0 heterocycles. The Bertz CT molecular complexity index is 18.3. The average molecular weight is 117 g/mol. The van der Waals surface area contributed by atoms with Crippen molar-refractivity contribution in [1.82, 2.24) is 5.32 Å². The number of hydrogen-bond donors (Lipinski definition) is 1. The molecule has 0 amide bonds. The van der Waals surface area contributed by atoms with Gasteiger partial charge in [-0.3, -0.25) is 0 Å². The van der Waals surface area contributed by atoms with E-state index in [-0.39, 0.29) is 0 Å². The Morgan fingerprint density at radius 1 is 1.00 bits per heavy atom. The Balaban J connectivity index is 0. The van der Waals surface area contributed by atoms with Crippen LogP contribution in [-0.2, 0) is 0 Å². The molecule has 0 radical (unpaired) electrons. The van der Waals surface area contributed by atoms with Crippen LogP contribution >= 0.6 is 0 Å². The second-order valence-corrected chi connectivity index (χ2v) is 1.85. The highest BCUT2D eigenvalue weighted by molar-refractivity contribution is 4.24. The predicted molar refractivity (Wildman–Crippen MR) is 40.2 cm³/mol. The third-order valence-electron chi connectivity index (χ3n) is 0.707. The van der Waals surface area contributed by atoms with E-state index >= 15 is 0 Å². The molecule has 0 spiro atoms. The molecule has 0 saturated carbocycles. The Morgan fingerprint density at radius 2 is 1.25 bits per heavy atom. The third-order valence-corrected chi connectivity index (χ3v) is 0.707. The molecule has 0 aliphatic carbocycles. The lowest BCUT2D eigenvalue weighted by atomic mass is 10.3. The molecule has 0 saturated heterocycles. The summed E-state index contributed by atoms with van der Waals surface area (Å²) < 4.78 is 0. The maximum atomic E-state index is 2.75. The lowest BCUT2D eigenvalue weighted by Crippen LogP contribution is -1.89. The summed E-state index contributed by atoms with van der Waals surface area (Å²) in [7, 11) is 3.75. The number of nitrogens with one attached hydrogen (secondary N) is 1. The van der Waals surface area contributed by atoms with Crippen molar-refractivity contribution in [3.63, 3.8) is 0 Å². The van der Waals surface area contributed by atoms with Crippen LogP contribution in [0.3, 0.4) is 0 Å². The van der Waals surface area contributed by atoms with E-state index in [0.29, 0.717) is 0 Å². The van der Waals surface area contributed by atoms with Gasteiger partial charge in [0.1, 0.15) is 0 Å². The highest BCUT2D eigenvalue weighted by atomic mass is 14.7. The fraction of sp³-hybridized carbons (Fsp3) is 1.00. The SMILES string of the molecule is CCCCC.CNC. The van der Waals surface area contributed by atoms with Crippen LogP contribution < -0.4 is 5.32 Å². The van der Waals surface area contributed by atoms with E-state index in [1.807, 2.05) is 14.1 Å². The Morgan fingerprint density at radius 3 is 1.25 bits per heavy atom.